The van der Waals surface area contributed by atoms with E-state index in [0.717, 1.165) is 6.42 Å². The lowest BCUT2D eigenvalue weighted by molar-refractivity contribution is 0.0973. The van der Waals surface area contributed by atoms with E-state index in [1.165, 1.54) is 0 Å². The van der Waals surface area contributed by atoms with Gasteiger partial charge in [-0.1, -0.05) is 6.92 Å². The van der Waals surface area contributed by atoms with Gasteiger partial charge in [-0.25, -0.2) is 0 Å². The quantitative estimate of drug-likeness (QED) is 0.769. The van der Waals surface area contributed by atoms with E-state index in [1.54, 1.807) is 32.4 Å². The molecule has 94 valence electrons. The highest BCUT2D eigenvalue weighted by molar-refractivity contribution is 5.97. The van der Waals surface area contributed by atoms with Gasteiger partial charge in [0, 0.05) is 24.1 Å². The van der Waals surface area contributed by atoms with Crippen molar-refractivity contribution in [2.24, 2.45) is 5.73 Å². The molecule has 0 aliphatic rings. The molecule has 1 unspecified atom stereocenters. The summed E-state index contributed by atoms with van der Waals surface area (Å²) in [5.41, 5.74) is 6.34. The number of rotatable bonds is 6. The van der Waals surface area contributed by atoms with E-state index in [-0.39, 0.29) is 11.8 Å². The van der Waals surface area contributed by atoms with Gasteiger partial charge in [0.1, 0.15) is 11.5 Å². The van der Waals surface area contributed by atoms with Crippen LogP contribution in [0, 0.1) is 0 Å². The average molecular weight is 237 g/mol. The second kappa shape index (κ2) is 6.25. The molecule has 0 amide bonds. The topological polar surface area (TPSA) is 61.6 Å². The first-order valence-electron chi connectivity index (χ1n) is 5.62. The van der Waals surface area contributed by atoms with Crippen LogP contribution in [0.1, 0.15) is 30.1 Å². The predicted molar refractivity (Wildman–Crippen MR) is 66.8 cm³/mol. The van der Waals surface area contributed by atoms with Crippen molar-refractivity contribution < 1.29 is 14.3 Å². The molecular formula is C13H19NO3. The minimum atomic E-state index is -0.0975. The van der Waals surface area contributed by atoms with Crippen molar-refractivity contribution in [2.45, 2.75) is 25.8 Å². The molecule has 0 heterocycles. The summed E-state index contributed by atoms with van der Waals surface area (Å²) in [7, 11) is 3.11. The second-order valence-electron chi connectivity index (χ2n) is 3.90. The van der Waals surface area contributed by atoms with Crippen LogP contribution < -0.4 is 15.2 Å². The summed E-state index contributed by atoms with van der Waals surface area (Å²) < 4.78 is 10.2. The number of carbonyl (C=O) groups excluding carboxylic acids is 1. The number of nitrogens with two attached hydrogens (primary N) is 1. The third-order valence-corrected chi connectivity index (χ3v) is 2.65. The Bertz CT molecular complexity index is 368. The number of Topliss-reactive ketones (excluding diaryl/α,β-unsaturated/α-hetero) is 1. The van der Waals surface area contributed by atoms with E-state index in [9.17, 15) is 4.79 Å². The Labute approximate surface area is 102 Å². The lowest BCUT2D eigenvalue weighted by Gasteiger charge is -2.10. The number of benzene rings is 1. The van der Waals surface area contributed by atoms with Gasteiger partial charge in [-0.05, 0) is 18.6 Å². The van der Waals surface area contributed by atoms with Crippen LogP contribution >= 0.6 is 0 Å². The molecule has 0 radical (unpaired) electrons. The second-order valence-corrected chi connectivity index (χ2v) is 3.90. The Morgan fingerprint density at radius 3 is 2.18 bits per heavy atom. The summed E-state index contributed by atoms with van der Waals surface area (Å²) in [4.78, 5) is 12.0. The highest BCUT2D eigenvalue weighted by Gasteiger charge is 2.12. The zero-order valence-electron chi connectivity index (χ0n) is 10.5. The maximum Gasteiger partial charge on any atom is 0.164 e. The van der Waals surface area contributed by atoms with Crippen molar-refractivity contribution in [3.8, 4) is 11.5 Å². The molecule has 4 nitrogen and oxygen atoms in total. The van der Waals surface area contributed by atoms with E-state index in [2.05, 4.69) is 0 Å². The van der Waals surface area contributed by atoms with Gasteiger partial charge in [-0.15, -0.1) is 0 Å². The summed E-state index contributed by atoms with van der Waals surface area (Å²) in [5.74, 6) is 1.23. The summed E-state index contributed by atoms with van der Waals surface area (Å²) in [6, 6.07) is 5.04. The standard InChI is InChI=1S/C13H19NO3/c1-4-10(14)7-13(15)9-5-11(16-2)8-12(6-9)17-3/h5-6,8,10H,4,7,14H2,1-3H3. The Morgan fingerprint density at radius 1 is 1.24 bits per heavy atom. The monoisotopic (exact) mass is 237 g/mol. The minimum absolute atomic E-state index is 0.0107. The molecule has 1 rings (SSSR count). The maximum absolute atomic E-state index is 12.0. The zero-order valence-corrected chi connectivity index (χ0v) is 10.5. The van der Waals surface area contributed by atoms with Crippen LogP contribution in [0.5, 0.6) is 11.5 Å². The number of ketones is 1. The minimum Gasteiger partial charge on any atom is -0.497 e. The fourth-order valence-electron chi connectivity index (χ4n) is 1.47. The van der Waals surface area contributed by atoms with Crippen LogP contribution in [0.4, 0.5) is 0 Å². The molecule has 1 aromatic rings. The number of carbonyl (C=O) groups is 1. The lowest BCUT2D eigenvalue weighted by atomic mass is 10.0. The number of ether oxygens (including phenoxy) is 2. The fraction of sp³-hybridized carbons (Fsp3) is 0.462. The molecule has 17 heavy (non-hydrogen) atoms. The van der Waals surface area contributed by atoms with E-state index in [4.69, 9.17) is 15.2 Å². The Hall–Kier alpha value is -1.55. The lowest BCUT2D eigenvalue weighted by Crippen LogP contribution is -2.22. The predicted octanol–water partition coefficient (Wildman–Crippen LogP) is 2.01. The van der Waals surface area contributed by atoms with E-state index < -0.39 is 0 Å². The molecule has 0 spiro atoms. The van der Waals surface area contributed by atoms with Crippen LogP contribution in [0.3, 0.4) is 0 Å². The summed E-state index contributed by atoms with van der Waals surface area (Å²) in [6.45, 7) is 1.96. The number of hydrogen-bond acceptors (Lipinski definition) is 4. The van der Waals surface area contributed by atoms with Gasteiger partial charge >= 0.3 is 0 Å². The molecule has 2 N–H and O–H groups in total. The van der Waals surface area contributed by atoms with Gasteiger partial charge in [0.15, 0.2) is 5.78 Å². The molecule has 1 aromatic carbocycles. The van der Waals surface area contributed by atoms with Gasteiger partial charge in [-0.3, -0.25) is 4.79 Å². The molecule has 0 aliphatic heterocycles. The van der Waals surface area contributed by atoms with Crippen LogP contribution in [-0.2, 0) is 0 Å². The number of methoxy groups -OCH3 is 2. The normalized spacial score (nSPS) is 12.0. The molecule has 0 fully saturated rings. The molecular weight excluding hydrogens is 218 g/mol. The highest BCUT2D eigenvalue weighted by Crippen LogP contribution is 2.23. The van der Waals surface area contributed by atoms with E-state index in [1.807, 2.05) is 6.92 Å². The SMILES string of the molecule is CCC(N)CC(=O)c1cc(OC)cc(OC)c1. The van der Waals surface area contributed by atoms with Crippen molar-refractivity contribution in [1.29, 1.82) is 0 Å². The fourth-order valence-corrected chi connectivity index (χ4v) is 1.47. The van der Waals surface area contributed by atoms with Gasteiger partial charge < -0.3 is 15.2 Å². The molecule has 0 bridgehead atoms. The van der Waals surface area contributed by atoms with Crippen molar-refractivity contribution in [2.75, 3.05) is 14.2 Å². The van der Waals surface area contributed by atoms with Crippen LogP contribution in [0.2, 0.25) is 0 Å². The summed E-state index contributed by atoms with van der Waals surface area (Å²) >= 11 is 0. The van der Waals surface area contributed by atoms with Crippen LogP contribution in [0.15, 0.2) is 18.2 Å². The van der Waals surface area contributed by atoms with E-state index >= 15 is 0 Å². The molecule has 0 saturated heterocycles. The molecule has 0 aliphatic carbocycles. The summed E-state index contributed by atoms with van der Waals surface area (Å²) in [6.07, 6.45) is 1.12. The van der Waals surface area contributed by atoms with Crippen molar-refractivity contribution in [3.63, 3.8) is 0 Å². The van der Waals surface area contributed by atoms with Gasteiger partial charge in [0.05, 0.1) is 14.2 Å². The molecule has 0 saturated carbocycles. The first-order valence-corrected chi connectivity index (χ1v) is 5.62. The molecule has 0 aromatic heterocycles. The van der Waals surface area contributed by atoms with Crippen LogP contribution in [-0.4, -0.2) is 26.0 Å². The number of hydrogen-bond donors (Lipinski definition) is 1. The van der Waals surface area contributed by atoms with Crippen molar-refractivity contribution >= 4 is 5.78 Å². The Balaban J connectivity index is 2.92. The molecule has 4 heteroatoms. The van der Waals surface area contributed by atoms with Crippen molar-refractivity contribution in [3.05, 3.63) is 23.8 Å². The van der Waals surface area contributed by atoms with Crippen molar-refractivity contribution in [1.82, 2.24) is 0 Å². The first kappa shape index (κ1) is 13.5. The highest BCUT2D eigenvalue weighted by atomic mass is 16.5. The maximum atomic E-state index is 12.0. The Morgan fingerprint density at radius 2 is 1.76 bits per heavy atom. The van der Waals surface area contributed by atoms with Crippen LogP contribution in [0.25, 0.3) is 0 Å². The third-order valence-electron chi connectivity index (χ3n) is 2.65. The third kappa shape index (κ3) is 3.75. The van der Waals surface area contributed by atoms with Gasteiger partial charge in [0.2, 0.25) is 0 Å². The first-order chi connectivity index (χ1) is 8.10. The van der Waals surface area contributed by atoms with Gasteiger partial charge in [0.25, 0.3) is 0 Å². The zero-order chi connectivity index (χ0) is 12.8. The van der Waals surface area contributed by atoms with E-state index in [0.29, 0.717) is 23.5 Å². The average Bonchev–Trinajstić information content (AvgIpc) is 2.37. The smallest absolute Gasteiger partial charge is 0.164 e. The Kier molecular flexibility index (Phi) is 4.97. The largest absolute Gasteiger partial charge is 0.497 e. The summed E-state index contributed by atoms with van der Waals surface area (Å²) in [5, 5.41) is 0. The van der Waals surface area contributed by atoms with Gasteiger partial charge in [-0.2, -0.15) is 0 Å². The molecule has 1 atom stereocenters.